The molecule has 1 saturated heterocycles. The van der Waals surface area contributed by atoms with E-state index in [0.29, 0.717) is 18.2 Å². The highest BCUT2D eigenvalue weighted by Gasteiger charge is 2.45. The SMILES string of the molecule is CC(C)(C)NCC(N)=O.O=C(O)c1ccc(N2CC(F)(F)C2)c(OCC2CC2)n1. The number of aromatic nitrogens is 1. The van der Waals surface area contributed by atoms with E-state index in [2.05, 4.69) is 10.3 Å². The largest absolute Gasteiger partial charge is 0.477 e. The number of primary amides is 1. The number of anilines is 1. The number of nitrogens with zero attached hydrogens (tertiary/aromatic N) is 2. The molecule has 162 valence electrons. The molecule has 8 nitrogen and oxygen atoms in total. The second-order valence-electron chi connectivity index (χ2n) is 8.36. The van der Waals surface area contributed by atoms with Crippen LogP contribution in [0.15, 0.2) is 12.1 Å². The van der Waals surface area contributed by atoms with Crippen LogP contribution in [0, 0.1) is 5.92 Å². The van der Waals surface area contributed by atoms with Crippen LogP contribution in [0.25, 0.3) is 0 Å². The number of hydrogen-bond donors (Lipinski definition) is 3. The molecule has 1 aliphatic carbocycles. The second kappa shape index (κ2) is 8.89. The monoisotopic (exact) mass is 414 g/mol. The highest BCUT2D eigenvalue weighted by molar-refractivity contribution is 5.86. The normalized spacial score (nSPS) is 17.6. The number of carbonyl (C=O) groups excluding carboxylic acids is 1. The number of halogens is 2. The summed E-state index contributed by atoms with van der Waals surface area (Å²) in [4.78, 5) is 26.5. The van der Waals surface area contributed by atoms with Crippen LogP contribution < -0.4 is 20.7 Å². The first-order valence-electron chi connectivity index (χ1n) is 9.39. The Kier molecular flexibility index (Phi) is 6.99. The minimum absolute atomic E-state index is 0.0188. The van der Waals surface area contributed by atoms with Crippen LogP contribution in [0.3, 0.4) is 0 Å². The van der Waals surface area contributed by atoms with E-state index in [9.17, 15) is 18.4 Å². The van der Waals surface area contributed by atoms with Gasteiger partial charge in [-0.2, -0.15) is 0 Å². The maximum Gasteiger partial charge on any atom is 0.354 e. The van der Waals surface area contributed by atoms with Crippen molar-refractivity contribution >= 4 is 17.6 Å². The van der Waals surface area contributed by atoms with Crippen molar-refractivity contribution in [2.45, 2.75) is 45.1 Å². The highest BCUT2D eigenvalue weighted by atomic mass is 19.3. The fraction of sp³-hybridized carbons (Fsp3) is 0.632. The molecule has 0 aromatic carbocycles. The van der Waals surface area contributed by atoms with Crippen molar-refractivity contribution in [3.05, 3.63) is 17.8 Å². The van der Waals surface area contributed by atoms with Gasteiger partial charge in [0, 0.05) is 5.54 Å². The molecule has 1 aromatic rings. The number of nitrogens with one attached hydrogen (secondary N) is 1. The van der Waals surface area contributed by atoms with Crippen LogP contribution in [-0.2, 0) is 4.79 Å². The van der Waals surface area contributed by atoms with E-state index in [-0.39, 0.29) is 42.7 Å². The molecule has 10 heteroatoms. The summed E-state index contributed by atoms with van der Waals surface area (Å²) < 4.78 is 31.4. The van der Waals surface area contributed by atoms with Gasteiger partial charge in [0.25, 0.3) is 5.92 Å². The van der Waals surface area contributed by atoms with Gasteiger partial charge in [-0.3, -0.25) is 4.79 Å². The van der Waals surface area contributed by atoms with Gasteiger partial charge in [-0.15, -0.1) is 0 Å². The number of carboxylic acids is 1. The first-order chi connectivity index (χ1) is 13.4. The predicted octanol–water partition coefficient (Wildman–Crippen LogP) is 1.88. The molecule has 0 atom stereocenters. The van der Waals surface area contributed by atoms with Gasteiger partial charge < -0.3 is 25.8 Å². The number of aromatic carboxylic acids is 1. The van der Waals surface area contributed by atoms with Gasteiger partial charge in [0.2, 0.25) is 11.8 Å². The van der Waals surface area contributed by atoms with Crippen LogP contribution in [0.4, 0.5) is 14.5 Å². The van der Waals surface area contributed by atoms with E-state index >= 15 is 0 Å². The summed E-state index contributed by atoms with van der Waals surface area (Å²) in [5.74, 6) is -3.57. The Morgan fingerprint density at radius 2 is 1.97 bits per heavy atom. The third kappa shape index (κ3) is 7.80. The summed E-state index contributed by atoms with van der Waals surface area (Å²) in [6.07, 6.45) is 2.16. The molecule has 2 aliphatic rings. The van der Waals surface area contributed by atoms with Crippen LogP contribution >= 0.6 is 0 Å². The third-order valence-corrected chi connectivity index (χ3v) is 4.19. The van der Waals surface area contributed by atoms with Gasteiger partial charge in [0.05, 0.1) is 26.2 Å². The smallest absolute Gasteiger partial charge is 0.354 e. The molecule has 29 heavy (non-hydrogen) atoms. The van der Waals surface area contributed by atoms with Crippen molar-refractivity contribution in [3.8, 4) is 5.88 Å². The fourth-order valence-electron chi connectivity index (χ4n) is 2.42. The highest BCUT2D eigenvalue weighted by Crippen LogP contribution is 2.37. The van der Waals surface area contributed by atoms with Gasteiger partial charge in [-0.1, -0.05) is 0 Å². The van der Waals surface area contributed by atoms with E-state index in [1.807, 2.05) is 20.8 Å². The van der Waals surface area contributed by atoms with Crippen LogP contribution in [-0.4, -0.2) is 59.7 Å². The lowest BCUT2D eigenvalue weighted by Crippen LogP contribution is -2.56. The van der Waals surface area contributed by atoms with Crippen molar-refractivity contribution in [3.63, 3.8) is 0 Å². The van der Waals surface area contributed by atoms with Crippen LogP contribution in [0.5, 0.6) is 5.88 Å². The zero-order valence-electron chi connectivity index (χ0n) is 16.9. The van der Waals surface area contributed by atoms with E-state index in [1.165, 1.54) is 17.0 Å². The second-order valence-corrected chi connectivity index (χ2v) is 8.36. The number of carbonyl (C=O) groups is 2. The quantitative estimate of drug-likeness (QED) is 0.623. The van der Waals surface area contributed by atoms with Crippen LogP contribution in [0.2, 0.25) is 0 Å². The Morgan fingerprint density at radius 3 is 2.38 bits per heavy atom. The number of ether oxygens (including phenoxy) is 1. The number of carboxylic acid groups (broad SMARTS) is 1. The Morgan fingerprint density at radius 1 is 1.34 bits per heavy atom. The lowest BCUT2D eigenvalue weighted by Gasteiger charge is -2.40. The van der Waals surface area contributed by atoms with E-state index in [1.54, 1.807) is 0 Å². The number of alkyl halides is 2. The van der Waals surface area contributed by atoms with Crippen molar-refractivity contribution in [1.82, 2.24) is 10.3 Å². The van der Waals surface area contributed by atoms with Crippen molar-refractivity contribution in [1.29, 1.82) is 0 Å². The standard InChI is InChI=1S/C13H14F2N2O3.C6H14N2O/c14-13(15)6-17(7-13)10-4-3-9(12(18)19)16-11(10)20-5-8-1-2-8;1-6(2,3)8-4-5(7)9/h3-4,8H,1-2,5-7H2,(H,18,19);8H,4H2,1-3H3,(H2,7,9). The van der Waals surface area contributed by atoms with E-state index in [0.717, 1.165) is 12.8 Å². The average molecular weight is 414 g/mol. The number of amides is 1. The average Bonchev–Trinajstić information content (AvgIpc) is 3.40. The molecule has 0 bridgehead atoms. The molecule has 1 aliphatic heterocycles. The third-order valence-electron chi connectivity index (χ3n) is 4.19. The molecule has 0 spiro atoms. The Hall–Kier alpha value is -2.49. The van der Waals surface area contributed by atoms with Gasteiger partial charge in [0.15, 0.2) is 5.69 Å². The summed E-state index contributed by atoms with van der Waals surface area (Å²) >= 11 is 0. The Labute approximate surface area is 168 Å². The molecule has 4 N–H and O–H groups in total. The minimum atomic E-state index is -2.70. The van der Waals surface area contributed by atoms with Crippen molar-refractivity contribution in [2.75, 3.05) is 31.1 Å². The molecule has 1 saturated carbocycles. The lowest BCUT2D eigenvalue weighted by atomic mass is 10.1. The number of rotatable bonds is 7. The first kappa shape index (κ1) is 22.8. The molecule has 0 unspecified atom stereocenters. The first-order valence-corrected chi connectivity index (χ1v) is 9.39. The number of pyridine rings is 1. The summed E-state index contributed by atoms with van der Waals surface area (Å²) in [5, 5.41) is 11.9. The summed E-state index contributed by atoms with van der Waals surface area (Å²) in [6.45, 7) is 5.88. The number of nitrogens with two attached hydrogens (primary N) is 1. The predicted molar refractivity (Wildman–Crippen MR) is 104 cm³/mol. The molecule has 0 radical (unpaired) electrons. The molecule has 3 rings (SSSR count). The summed E-state index contributed by atoms with van der Waals surface area (Å²) in [7, 11) is 0. The fourth-order valence-corrected chi connectivity index (χ4v) is 2.42. The van der Waals surface area contributed by atoms with E-state index < -0.39 is 11.9 Å². The molecular weight excluding hydrogens is 386 g/mol. The van der Waals surface area contributed by atoms with Gasteiger partial charge >= 0.3 is 5.97 Å². The van der Waals surface area contributed by atoms with Gasteiger partial charge in [-0.25, -0.2) is 18.6 Å². The van der Waals surface area contributed by atoms with Crippen LogP contribution in [0.1, 0.15) is 44.1 Å². The molecule has 2 fully saturated rings. The zero-order valence-corrected chi connectivity index (χ0v) is 16.9. The van der Waals surface area contributed by atoms with Crippen molar-refractivity contribution in [2.24, 2.45) is 11.7 Å². The molecular formula is C19H28F2N4O4. The molecule has 1 aromatic heterocycles. The van der Waals surface area contributed by atoms with Crippen molar-refractivity contribution < 1.29 is 28.2 Å². The van der Waals surface area contributed by atoms with Gasteiger partial charge in [-0.05, 0) is 51.7 Å². The minimum Gasteiger partial charge on any atom is -0.477 e. The maximum atomic E-state index is 12.9. The Bertz CT molecular complexity index is 740. The molecule has 2 heterocycles. The molecule has 1 amide bonds. The van der Waals surface area contributed by atoms with E-state index in [4.69, 9.17) is 15.6 Å². The zero-order chi connectivity index (χ0) is 21.8. The topological polar surface area (TPSA) is 118 Å². The summed E-state index contributed by atoms with van der Waals surface area (Å²) in [6, 6.07) is 2.78. The summed E-state index contributed by atoms with van der Waals surface area (Å²) in [5.41, 5.74) is 5.16. The number of hydrogen-bond acceptors (Lipinski definition) is 6. The van der Waals surface area contributed by atoms with Gasteiger partial charge in [0.1, 0.15) is 5.69 Å². The maximum absolute atomic E-state index is 12.9. The Balaban J connectivity index is 0.000000284. The lowest BCUT2D eigenvalue weighted by molar-refractivity contribution is -0.117.